The van der Waals surface area contributed by atoms with Gasteiger partial charge in [-0.15, -0.1) is 0 Å². The number of hydrogen-bond acceptors (Lipinski definition) is 4. The number of amides is 1. The molecule has 2 aromatic heterocycles. The Kier molecular flexibility index (Phi) is 6.34. The summed E-state index contributed by atoms with van der Waals surface area (Å²) in [7, 11) is 0. The Morgan fingerprint density at radius 1 is 1.08 bits per heavy atom. The molecule has 1 fully saturated rings. The summed E-state index contributed by atoms with van der Waals surface area (Å²) in [6, 6.07) is 11.9. The first-order valence-electron chi connectivity index (χ1n) is 9.44. The van der Waals surface area contributed by atoms with Crippen LogP contribution in [-0.2, 0) is 17.9 Å². The van der Waals surface area contributed by atoms with Crippen LogP contribution >= 0.6 is 0 Å². The molecule has 2 aromatic rings. The van der Waals surface area contributed by atoms with Gasteiger partial charge in [-0.3, -0.25) is 14.8 Å². The average Bonchev–Trinajstić information content (AvgIpc) is 3.13. The smallest absolute Gasteiger partial charge is 0.223 e. The Labute approximate surface area is 155 Å². The second kappa shape index (κ2) is 8.90. The van der Waals surface area contributed by atoms with Crippen molar-refractivity contribution in [1.29, 1.82) is 0 Å². The van der Waals surface area contributed by atoms with Crippen molar-refractivity contribution in [2.24, 2.45) is 5.92 Å². The van der Waals surface area contributed by atoms with Crippen molar-refractivity contribution in [3.63, 3.8) is 0 Å². The van der Waals surface area contributed by atoms with Gasteiger partial charge in [-0.05, 0) is 70.0 Å². The lowest BCUT2D eigenvalue weighted by molar-refractivity contribution is -0.132. The summed E-state index contributed by atoms with van der Waals surface area (Å²) in [6.07, 6.45) is 2.71. The SMILES string of the molecule is Cc1cccc(CN(Cc2cccc(C)n2)C(=O)CCC2CCNC2)n1. The van der Waals surface area contributed by atoms with E-state index in [2.05, 4.69) is 15.3 Å². The van der Waals surface area contributed by atoms with Gasteiger partial charge in [0.1, 0.15) is 0 Å². The largest absolute Gasteiger partial charge is 0.331 e. The van der Waals surface area contributed by atoms with E-state index in [9.17, 15) is 4.79 Å². The molecule has 1 amide bonds. The molecule has 0 aliphatic carbocycles. The first-order chi connectivity index (χ1) is 12.6. The zero-order valence-corrected chi connectivity index (χ0v) is 15.7. The molecular formula is C21H28N4O. The lowest BCUT2D eigenvalue weighted by Crippen LogP contribution is -2.31. The number of rotatable bonds is 7. The third-order valence-corrected chi connectivity index (χ3v) is 4.88. The maximum Gasteiger partial charge on any atom is 0.223 e. The number of carbonyl (C=O) groups is 1. The first kappa shape index (κ1) is 18.5. The zero-order valence-electron chi connectivity index (χ0n) is 15.7. The van der Waals surface area contributed by atoms with Crippen molar-refractivity contribution < 1.29 is 4.79 Å². The Morgan fingerprint density at radius 2 is 1.69 bits per heavy atom. The second-order valence-electron chi connectivity index (χ2n) is 7.19. The molecule has 1 saturated heterocycles. The minimum Gasteiger partial charge on any atom is -0.331 e. The highest BCUT2D eigenvalue weighted by molar-refractivity contribution is 5.76. The predicted molar refractivity (Wildman–Crippen MR) is 102 cm³/mol. The number of carbonyl (C=O) groups excluding carboxylic acids is 1. The van der Waals surface area contributed by atoms with Crippen LogP contribution in [0.25, 0.3) is 0 Å². The van der Waals surface area contributed by atoms with Gasteiger partial charge in [0.15, 0.2) is 0 Å². The van der Waals surface area contributed by atoms with Gasteiger partial charge < -0.3 is 10.2 Å². The minimum atomic E-state index is 0.184. The minimum absolute atomic E-state index is 0.184. The number of aromatic nitrogens is 2. The van der Waals surface area contributed by atoms with Crippen LogP contribution in [-0.4, -0.2) is 33.9 Å². The number of nitrogens with zero attached hydrogens (tertiary/aromatic N) is 3. The van der Waals surface area contributed by atoms with E-state index in [1.807, 2.05) is 55.1 Å². The van der Waals surface area contributed by atoms with Crippen molar-refractivity contribution in [2.45, 2.75) is 46.2 Å². The lowest BCUT2D eigenvalue weighted by atomic mass is 10.0. The van der Waals surface area contributed by atoms with Crippen LogP contribution in [0, 0.1) is 19.8 Å². The summed E-state index contributed by atoms with van der Waals surface area (Å²) in [6.45, 7) is 7.11. The maximum absolute atomic E-state index is 12.9. The molecule has 1 aliphatic rings. The topological polar surface area (TPSA) is 58.1 Å². The van der Waals surface area contributed by atoms with E-state index >= 15 is 0 Å². The van der Waals surface area contributed by atoms with Crippen molar-refractivity contribution in [3.8, 4) is 0 Å². The van der Waals surface area contributed by atoms with E-state index in [1.54, 1.807) is 0 Å². The highest BCUT2D eigenvalue weighted by Gasteiger charge is 2.20. The van der Waals surface area contributed by atoms with E-state index in [0.29, 0.717) is 25.4 Å². The molecule has 0 saturated carbocycles. The Bertz CT molecular complexity index is 693. The van der Waals surface area contributed by atoms with Gasteiger partial charge in [-0.1, -0.05) is 12.1 Å². The van der Waals surface area contributed by atoms with E-state index in [0.717, 1.165) is 42.3 Å². The van der Waals surface area contributed by atoms with Crippen LogP contribution in [0.1, 0.15) is 42.0 Å². The predicted octanol–water partition coefficient (Wildman–Crippen LogP) is 3.01. The number of hydrogen-bond donors (Lipinski definition) is 1. The van der Waals surface area contributed by atoms with Gasteiger partial charge in [0.2, 0.25) is 5.91 Å². The van der Waals surface area contributed by atoms with Crippen LogP contribution in [0.2, 0.25) is 0 Å². The average molecular weight is 352 g/mol. The monoisotopic (exact) mass is 352 g/mol. The maximum atomic E-state index is 12.9. The fourth-order valence-corrected chi connectivity index (χ4v) is 3.45. The van der Waals surface area contributed by atoms with Crippen LogP contribution < -0.4 is 5.32 Å². The van der Waals surface area contributed by atoms with Gasteiger partial charge >= 0.3 is 0 Å². The van der Waals surface area contributed by atoms with Crippen molar-refractivity contribution in [2.75, 3.05) is 13.1 Å². The van der Waals surface area contributed by atoms with Crippen molar-refractivity contribution >= 4 is 5.91 Å². The highest BCUT2D eigenvalue weighted by Crippen LogP contribution is 2.17. The molecule has 1 atom stereocenters. The summed E-state index contributed by atoms with van der Waals surface area (Å²) in [5.41, 5.74) is 3.79. The van der Waals surface area contributed by atoms with E-state index in [1.165, 1.54) is 6.42 Å². The molecule has 26 heavy (non-hydrogen) atoms. The van der Waals surface area contributed by atoms with Crippen LogP contribution in [0.3, 0.4) is 0 Å². The third-order valence-electron chi connectivity index (χ3n) is 4.88. The molecule has 3 rings (SSSR count). The summed E-state index contributed by atoms with van der Waals surface area (Å²) in [5.74, 6) is 0.804. The Morgan fingerprint density at radius 3 is 2.19 bits per heavy atom. The summed E-state index contributed by atoms with van der Waals surface area (Å²) in [4.78, 5) is 24.0. The molecule has 0 bridgehead atoms. The van der Waals surface area contributed by atoms with Gasteiger partial charge in [0.05, 0.1) is 24.5 Å². The molecule has 1 aliphatic heterocycles. The summed E-state index contributed by atoms with van der Waals surface area (Å²) < 4.78 is 0. The molecule has 5 nitrogen and oxygen atoms in total. The summed E-state index contributed by atoms with van der Waals surface area (Å²) >= 11 is 0. The Hall–Kier alpha value is -2.27. The standard InChI is InChI=1S/C21H28N4O/c1-16-5-3-7-19(23-16)14-25(15-20-8-4-6-17(2)24-20)21(26)10-9-18-11-12-22-13-18/h3-8,18,22H,9-15H2,1-2H3. The highest BCUT2D eigenvalue weighted by atomic mass is 16.2. The zero-order chi connectivity index (χ0) is 18.4. The normalized spacial score (nSPS) is 16.6. The lowest BCUT2D eigenvalue weighted by Gasteiger charge is -2.23. The first-order valence-corrected chi connectivity index (χ1v) is 9.44. The van der Waals surface area contributed by atoms with Crippen LogP contribution in [0.15, 0.2) is 36.4 Å². The van der Waals surface area contributed by atoms with Crippen LogP contribution in [0.5, 0.6) is 0 Å². The number of nitrogens with one attached hydrogen (secondary N) is 1. The third kappa shape index (κ3) is 5.36. The molecule has 1 N–H and O–H groups in total. The van der Waals surface area contributed by atoms with E-state index in [-0.39, 0.29) is 5.91 Å². The number of aryl methyl sites for hydroxylation is 2. The van der Waals surface area contributed by atoms with Gasteiger partial charge in [-0.25, -0.2) is 0 Å². The van der Waals surface area contributed by atoms with Crippen molar-refractivity contribution in [1.82, 2.24) is 20.2 Å². The quantitative estimate of drug-likeness (QED) is 0.832. The molecule has 1 unspecified atom stereocenters. The van der Waals surface area contributed by atoms with Gasteiger partial charge in [0, 0.05) is 17.8 Å². The molecule has 3 heterocycles. The van der Waals surface area contributed by atoms with Crippen molar-refractivity contribution in [3.05, 3.63) is 59.2 Å². The van der Waals surface area contributed by atoms with E-state index in [4.69, 9.17) is 0 Å². The molecular weight excluding hydrogens is 324 g/mol. The molecule has 0 spiro atoms. The molecule has 0 aromatic carbocycles. The van der Waals surface area contributed by atoms with E-state index < -0.39 is 0 Å². The molecule has 5 heteroatoms. The number of pyridine rings is 2. The molecule has 138 valence electrons. The van der Waals surface area contributed by atoms with Gasteiger partial charge in [-0.2, -0.15) is 0 Å². The van der Waals surface area contributed by atoms with Gasteiger partial charge in [0.25, 0.3) is 0 Å². The van der Waals surface area contributed by atoms with Crippen LogP contribution in [0.4, 0.5) is 0 Å². The fourth-order valence-electron chi connectivity index (χ4n) is 3.45. The fraction of sp³-hybridized carbons (Fsp3) is 0.476. The summed E-state index contributed by atoms with van der Waals surface area (Å²) in [5, 5.41) is 3.37. The molecule has 0 radical (unpaired) electrons. The Balaban J connectivity index is 1.70. The second-order valence-corrected chi connectivity index (χ2v) is 7.19.